The largest absolute Gasteiger partial charge is 0.297 e. The summed E-state index contributed by atoms with van der Waals surface area (Å²) in [6.07, 6.45) is 7.04. The van der Waals surface area contributed by atoms with Crippen molar-refractivity contribution in [1.29, 1.82) is 0 Å². The maximum Gasteiger partial charge on any atom is 0.0658 e. The third kappa shape index (κ3) is 2.59. The minimum atomic E-state index is 0.507. The Kier molecular flexibility index (Phi) is 3.26. The van der Waals surface area contributed by atoms with Gasteiger partial charge in [-0.15, -0.1) is 0 Å². The normalized spacial score (nSPS) is 21.1. The summed E-state index contributed by atoms with van der Waals surface area (Å²) in [4.78, 5) is 2.46. The van der Waals surface area contributed by atoms with E-state index in [1.807, 2.05) is 12.4 Å². The summed E-state index contributed by atoms with van der Waals surface area (Å²) in [5.74, 6) is 0. The smallest absolute Gasteiger partial charge is 0.0658 e. The van der Waals surface area contributed by atoms with Gasteiger partial charge in [0.15, 0.2) is 0 Å². The highest BCUT2D eigenvalue weighted by molar-refractivity contribution is 9.10. The standard InChI is InChI=1S/C11H13BrN4S/c12-10-4-13-16(6-10)11-1-2-15(7-11)5-9-3-14-17-8-9/h3-4,6,8,11H,1-2,5,7H2. The van der Waals surface area contributed by atoms with E-state index in [0.717, 1.165) is 24.1 Å². The van der Waals surface area contributed by atoms with Crippen molar-refractivity contribution < 1.29 is 0 Å². The van der Waals surface area contributed by atoms with Crippen molar-refractivity contribution in [1.82, 2.24) is 19.1 Å². The molecule has 17 heavy (non-hydrogen) atoms. The zero-order valence-corrected chi connectivity index (χ0v) is 11.7. The van der Waals surface area contributed by atoms with Crippen LogP contribution in [0, 0.1) is 0 Å². The number of rotatable bonds is 3. The Hall–Kier alpha value is -0.720. The first-order valence-corrected chi connectivity index (χ1v) is 7.24. The lowest BCUT2D eigenvalue weighted by molar-refractivity contribution is 0.312. The molecule has 1 aliphatic heterocycles. The summed E-state index contributed by atoms with van der Waals surface area (Å²) < 4.78 is 7.26. The molecule has 1 unspecified atom stereocenters. The molecule has 0 N–H and O–H groups in total. The molecule has 2 aromatic rings. The lowest BCUT2D eigenvalue weighted by Crippen LogP contribution is -2.21. The first-order chi connectivity index (χ1) is 8.31. The van der Waals surface area contributed by atoms with E-state index in [4.69, 9.17) is 0 Å². The molecular formula is C11H13BrN4S. The highest BCUT2D eigenvalue weighted by Crippen LogP contribution is 2.23. The first kappa shape index (κ1) is 11.4. The van der Waals surface area contributed by atoms with Gasteiger partial charge in [0, 0.05) is 37.4 Å². The lowest BCUT2D eigenvalue weighted by Gasteiger charge is -2.14. The molecular weight excluding hydrogens is 300 g/mol. The van der Waals surface area contributed by atoms with Gasteiger partial charge in [-0.05, 0) is 39.4 Å². The average Bonchev–Trinajstić information content (AvgIpc) is 2.99. The maximum absolute atomic E-state index is 4.36. The number of likely N-dealkylation sites (tertiary alicyclic amines) is 1. The van der Waals surface area contributed by atoms with E-state index in [1.54, 1.807) is 0 Å². The summed E-state index contributed by atoms with van der Waals surface area (Å²) in [6.45, 7) is 3.22. The number of halogens is 1. The fourth-order valence-corrected chi connectivity index (χ4v) is 3.08. The number of nitrogens with zero attached hydrogens (tertiary/aromatic N) is 4. The maximum atomic E-state index is 4.36. The van der Waals surface area contributed by atoms with Gasteiger partial charge >= 0.3 is 0 Å². The van der Waals surface area contributed by atoms with Crippen LogP contribution in [0.4, 0.5) is 0 Å². The lowest BCUT2D eigenvalue weighted by atomic mass is 10.3. The van der Waals surface area contributed by atoms with E-state index >= 15 is 0 Å². The molecule has 0 aliphatic carbocycles. The molecule has 1 saturated heterocycles. The fraction of sp³-hybridized carbons (Fsp3) is 0.455. The predicted molar refractivity (Wildman–Crippen MR) is 71.0 cm³/mol. The van der Waals surface area contributed by atoms with Gasteiger partial charge in [-0.3, -0.25) is 9.58 Å². The molecule has 0 bridgehead atoms. The van der Waals surface area contributed by atoms with Crippen LogP contribution in [0.3, 0.4) is 0 Å². The monoisotopic (exact) mass is 312 g/mol. The van der Waals surface area contributed by atoms with Crippen LogP contribution in [0.1, 0.15) is 18.0 Å². The van der Waals surface area contributed by atoms with E-state index in [2.05, 4.69) is 46.6 Å². The molecule has 6 heteroatoms. The summed E-state index contributed by atoms with van der Waals surface area (Å²) in [5.41, 5.74) is 1.32. The zero-order chi connectivity index (χ0) is 11.7. The summed E-state index contributed by atoms with van der Waals surface area (Å²) in [5, 5.41) is 6.48. The van der Waals surface area contributed by atoms with Gasteiger partial charge in [-0.25, -0.2) is 4.37 Å². The van der Waals surface area contributed by atoms with Crippen molar-refractivity contribution in [2.24, 2.45) is 0 Å². The minimum Gasteiger partial charge on any atom is -0.297 e. The Morgan fingerprint density at radius 3 is 3.12 bits per heavy atom. The van der Waals surface area contributed by atoms with Crippen molar-refractivity contribution in [2.45, 2.75) is 19.0 Å². The third-order valence-corrected chi connectivity index (χ3v) is 4.13. The molecule has 1 aliphatic rings. The Bertz CT molecular complexity index is 481. The van der Waals surface area contributed by atoms with Crippen LogP contribution >= 0.6 is 27.5 Å². The molecule has 0 aromatic carbocycles. The predicted octanol–water partition coefficient (Wildman–Crippen LogP) is 2.55. The molecule has 2 aromatic heterocycles. The van der Waals surface area contributed by atoms with Crippen LogP contribution < -0.4 is 0 Å². The summed E-state index contributed by atoms with van der Waals surface area (Å²) in [6, 6.07) is 0.507. The highest BCUT2D eigenvalue weighted by Gasteiger charge is 2.24. The molecule has 0 saturated carbocycles. The third-order valence-electron chi connectivity index (χ3n) is 3.08. The van der Waals surface area contributed by atoms with E-state index in [-0.39, 0.29) is 0 Å². The van der Waals surface area contributed by atoms with Crippen molar-refractivity contribution in [3.63, 3.8) is 0 Å². The van der Waals surface area contributed by atoms with Gasteiger partial charge in [-0.2, -0.15) is 5.10 Å². The molecule has 4 nitrogen and oxygen atoms in total. The molecule has 90 valence electrons. The fourth-order valence-electron chi connectivity index (χ4n) is 2.25. The van der Waals surface area contributed by atoms with E-state index < -0.39 is 0 Å². The van der Waals surface area contributed by atoms with Crippen molar-refractivity contribution >= 4 is 27.5 Å². The molecule has 0 amide bonds. The van der Waals surface area contributed by atoms with Crippen LogP contribution in [0.5, 0.6) is 0 Å². The van der Waals surface area contributed by atoms with E-state index in [0.29, 0.717) is 6.04 Å². The molecule has 3 heterocycles. The Morgan fingerprint density at radius 1 is 1.47 bits per heavy atom. The summed E-state index contributed by atoms with van der Waals surface area (Å²) >= 11 is 4.96. The second kappa shape index (κ2) is 4.88. The minimum absolute atomic E-state index is 0.507. The van der Waals surface area contributed by atoms with Gasteiger partial charge in [0.2, 0.25) is 0 Å². The highest BCUT2D eigenvalue weighted by atomic mass is 79.9. The van der Waals surface area contributed by atoms with Gasteiger partial charge < -0.3 is 0 Å². The van der Waals surface area contributed by atoms with Crippen LogP contribution in [-0.4, -0.2) is 32.1 Å². The molecule has 0 radical (unpaired) electrons. The van der Waals surface area contributed by atoms with Crippen molar-refractivity contribution in [3.8, 4) is 0 Å². The Balaban J connectivity index is 1.62. The SMILES string of the molecule is Brc1cnn(C2CCN(Cc3cnsc3)C2)c1. The van der Waals surface area contributed by atoms with Gasteiger partial charge in [0.1, 0.15) is 0 Å². The molecule has 1 atom stereocenters. The van der Waals surface area contributed by atoms with Gasteiger partial charge in [0.05, 0.1) is 16.7 Å². The molecule has 0 spiro atoms. The number of aromatic nitrogens is 3. The summed E-state index contributed by atoms with van der Waals surface area (Å²) in [7, 11) is 0. The topological polar surface area (TPSA) is 34.0 Å². The van der Waals surface area contributed by atoms with Gasteiger partial charge in [-0.1, -0.05) is 0 Å². The van der Waals surface area contributed by atoms with E-state index in [9.17, 15) is 0 Å². The Labute approximate surface area is 113 Å². The number of hydrogen-bond donors (Lipinski definition) is 0. The second-order valence-corrected chi connectivity index (χ2v) is 5.92. The number of hydrogen-bond acceptors (Lipinski definition) is 4. The zero-order valence-electron chi connectivity index (χ0n) is 9.29. The van der Waals surface area contributed by atoms with Crippen LogP contribution in [0.2, 0.25) is 0 Å². The molecule has 1 fully saturated rings. The average molecular weight is 313 g/mol. The van der Waals surface area contributed by atoms with Crippen molar-refractivity contribution in [2.75, 3.05) is 13.1 Å². The second-order valence-electron chi connectivity index (χ2n) is 4.35. The quantitative estimate of drug-likeness (QED) is 0.873. The van der Waals surface area contributed by atoms with Gasteiger partial charge in [0.25, 0.3) is 0 Å². The van der Waals surface area contributed by atoms with Crippen LogP contribution in [0.25, 0.3) is 0 Å². The van der Waals surface area contributed by atoms with Crippen LogP contribution in [-0.2, 0) is 6.54 Å². The van der Waals surface area contributed by atoms with Crippen molar-refractivity contribution in [3.05, 3.63) is 34.0 Å². The molecule has 3 rings (SSSR count). The first-order valence-electron chi connectivity index (χ1n) is 5.61. The van der Waals surface area contributed by atoms with E-state index in [1.165, 1.54) is 23.5 Å². The Morgan fingerprint density at radius 2 is 2.41 bits per heavy atom. The van der Waals surface area contributed by atoms with Crippen LogP contribution in [0.15, 0.2) is 28.4 Å².